The van der Waals surface area contributed by atoms with Gasteiger partial charge in [0.05, 0.1) is 0 Å². The lowest BCUT2D eigenvalue weighted by molar-refractivity contribution is -0.140. The van der Waals surface area contributed by atoms with Gasteiger partial charge in [-0.3, -0.25) is 4.79 Å². The van der Waals surface area contributed by atoms with Crippen molar-refractivity contribution in [3.05, 3.63) is 17.6 Å². The van der Waals surface area contributed by atoms with Crippen molar-refractivity contribution >= 4 is 11.7 Å². The highest BCUT2D eigenvalue weighted by atomic mass is 16.2. The van der Waals surface area contributed by atoms with Crippen LogP contribution in [0.1, 0.15) is 64.4 Å². The predicted octanol–water partition coefficient (Wildman–Crippen LogP) is 3.35. The van der Waals surface area contributed by atoms with Gasteiger partial charge in [0.1, 0.15) is 11.6 Å². The molecule has 0 saturated carbocycles. The summed E-state index contributed by atoms with van der Waals surface area (Å²) in [6, 6.07) is 2.46. The third kappa shape index (κ3) is 3.96. The van der Waals surface area contributed by atoms with E-state index in [0.29, 0.717) is 12.3 Å². The zero-order chi connectivity index (χ0) is 18.0. The van der Waals surface area contributed by atoms with E-state index in [-0.39, 0.29) is 11.5 Å². The van der Waals surface area contributed by atoms with Crippen LogP contribution < -0.4 is 4.90 Å². The minimum absolute atomic E-state index is 0.222. The molecule has 0 bridgehead atoms. The largest absolute Gasteiger partial charge is 0.356 e. The van der Waals surface area contributed by atoms with E-state index in [1.54, 1.807) is 0 Å². The summed E-state index contributed by atoms with van der Waals surface area (Å²) in [7, 11) is 0. The zero-order valence-electron chi connectivity index (χ0n) is 16.2. The summed E-state index contributed by atoms with van der Waals surface area (Å²) in [6.45, 7) is 11.4. The second-order valence-corrected chi connectivity index (χ2v) is 8.16. The average Bonchev–Trinajstić information content (AvgIpc) is 2.57. The number of anilines is 1. The fourth-order valence-corrected chi connectivity index (χ4v) is 4.41. The molecule has 0 unspecified atom stereocenters. The first-order valence-electron chi connectivity index (χ1n) is 9.81. The van der Waals surface area contributed by atoms with E-state index in [9.17, 15) is 4.79 Å². The quantitative estimate of drug-likeness (QED) is 0.840. The number of carbonyl (C=O) groups is 1. The number of hydrogen-bond donors (Lipinski definition) is 0. The molecule has 1 amide bonds. The number of aromatic nitrogens is 2. The van der Waals surface area contributed by atoms with E-state index in [1.165, 1.54) is 12.8 Å². The Morgan fingerprint density at radius 1 is 1.24 bits per heavy atom. The molecule has 1 aromatic heterocycles. The number of nitrogens with zero attached hydrogens (tertiary/aromatic N) is 4. The Bertz CT molecular complexity index is 630. The van der Waals surface area contributed by atoms with Crippen molar-refractivity contribution in [2.24, 2.45) is 5.41 Å². The molecule has 0 N–H and O–H groups in total. The fourth-order valence-electron chi connectivity index (χ4n) is 4.41. The molecule has 25 heavy (non-hydrogen) atoms. The van der Waals surface area contributed by atoms with Gasteiger partial charge in [-0.25, -0.2) is 9.97 Å². The first-order valence-corrected chi connectivity index (χ1v) is 9.81. The van der Waals surface area contributed by atoms with Crippen molar-refractivity contribution in [1.29, 1.82) is 0 Å². The number of carbonyl (C=O) groups excluding carboxylic acids is 1. The summed E-state index contributed by atoms with van der Waals surface area (Å²) in [4.78, 5) is 26.1. The highest BCUT2D eigenvalue weighted by molar-refractivity contribution is 5.77. The fraction of sp³-hybridized carbons (Fsp3) is 0.750. The van der Waals surface area contributed by atoms with Crippen molar-refractivity contribution in [3.63, 3.8) is 0 Å². The lowest BCUT2D eigenvalue weighted by Crippen LogP contribution is -2.55. The number of hydrogen-bond acceptors (Lipinski definition) is 4. The maximum Gasteiger partial charge on any atom is 0.222 e. The van der Waals surface area contributed by atoms with Crippen molar-refractivity contribution in [3.8, 4) is 0 Å². The number of likely N-dealkylation sites (tertiary alicyclic amines) is 1. The van der Waals surface area contributed by atoms with Crippen LogP contribution in [0.5, 0.6) is 0 Å². The number of rotatable bonds is 4. The minimum Gasteiger partial charge on any atom is -0.356 e. The molecule has 2 aliphatic heterocycles. The van der Waals surface area contributed by atoms with Gasteiger partial charge in [0, 0.05) is 49.3 Å². The van der Waals surface area contributed by atoms with E-state index in [1.807, 2.05) is 6.92 Å². The average molecular weight is 345 g/mol. The Kier molecular flexibility index (Phi) is 5.30. The first-order chi connectivity index (χ1) is 11.9. The van der Waals surface area contributed by atoms with Gasteiger partial charge in [0.15, 0.2) is 0 Å². The summed E-state index contributed by atoms with van der Waals surface area (Å²) in [6.07, 6.45) is 6.20. The molecule has 3 rings (SSSR count). The molecule has 3 heterocycles. The van der Waals surface area contributed by atoms with Crippen LogP contribution in [0.15, 0.2) is 6.07 Å². The van der Waals surface area contributed by atoms with Gasteiger partial charge in [-0.15, -0.1) is 0 Å². The van der Waals surface area contributed by atoms with Crippen LogP contribution >= 0.6 is 0 Å². The summed E-state index contributed by atoms with van der Waals surface area (Å²) in [5, 5.41) is 0. The highest BCUT2D eigenvalue weighted by Crippen LogP contribution is 2.40. The third-order valence-electron chi connectivity index (χ3n) is 5.69. The molecule has 2 fully saturated rings. The van der Waals surface area contributed by atoms with Gasteiger partial charge >= 0.3 is 0 Å². The second kappa shape index (κ2) is 7.30. The molecule has 1 atom stereocenters. The number of piperidine rings is 2. The van der Waals surface area contributed by atoms with Crippen LogP contribution in [0.2, 0.25) is 0 Å². The Morgan fingerprint density at radius 2 is 2.04 bits per heavy atom. The number of amides is 1. The van der Waals surface area contributed by atoms with Gasteiger partial charge in [-0.05, 0) is 46.5 Å². The topological polar surface area (TPSA) is 49.3 Å². The summed E-state index contributed by atoms with van der Waals surface area (Å²) in [5.41, 5.74) is 1.37. The highest BCUT2D eigenvalue weighted by Gasteiger charge is 2.42. The smallest absolute Gasteiger partial charge is 0.222 e. The SMILES string of the molecule is CCCc1cc(N2CCC[C@]3(CCC(=O)N(C(C)C)C3)C2)nc(C)n1. The van der Waals surface area contributed by atoms with E-state index in [2.05, 4.69) is 41.6 Å². The lowest BCUT2D eigenvalue weighted by atomic mass is 9.73. The Labute approximate surface area is 151 Å². The van der Waals surface area contributed by atoms with Crippen molar-refractivity contribution < 1.29 is 4.79 Å². The summed E-state index contributed by atoms with van der Waals surface area (Å²) >= 11 is 0. The Balaban J connectivity index is 1.80. The molecule has 1 aromatic rings. The molecule has 5 heteroatoms. The van der Waals surface area contributed by atoms with E-state index >= 15 is 0 Å². The molecule has 0 radical (unpaired) electrons. The maximum atomic E-state index is 12.3. The van der Waals surface area contributed by atoms with Crippen LogP contribution in [-0.4, -0.2) is 46.5 Å². The van der Waals surface area contributed by atoms with Crippen LogP contribution in [0.4, 0.5) is 5.82 Å². The first kappa shape index (κ1) is 18.2. The van der Waals surface area contributed by atoms with Crippen LogP contribution in [0.3, 0.4) is 0 Å². The zero-order valence-corrected chi connectivity index (χ0v) is 16.2. The minimum atomic E-state index is 0.222. The maximum absolute atomic E-state index is 12.3. The van der Waals surface area contributed by atoms with Crippen LogP contribution in [0.25, 0.3) is 0 Å². The van der Waals surface area contributed by atoms with Gasteiger partial charge in [0.25, 0.3) is 0 Å². The van der Waals surface area contributed by atoms with Gasteiger partial charge in [-0.1, -0.05) is 13.3 Å². The Morgan fingerprint density at radius 3 is 2.76 bits per heavy atom. The summed E-state index contributed by atoms with van der Waals surface area (Å²) in [5.74, 6) is 2.26. The third-order valence-corrected chi connectivity index (χ3v) is 5.69. The van der Waals surface area contributed by atoms with Crippen LogP contribution in [-0.2, 0) is 11.2 Å². The van der Waals surface area contributed by atoms with E-state index < -0.39 is 0 Å². The second-order valence-electron chi connectivity index (χ2n) is 8.16. The molecular weight excluding hydrogens is 312 g/mol. The van der Waals surface area contributed by atoms with Gasteiger partial charge in [0.2, 0.25) is 5.91 Å². The molecule has 0 aromatic carbocycles. The molecular formula is C20H32N4O. The van der Waals surface area contributed by atoms with E-state index in [0.717, 1.165) is 56.2 Å². The Hall–Kier alpha value is -1.65. The monoisotopic (exact) mass is 344 g/mol. The predicted molar refractivity (Wildman–Crippen MR) is 101 cm³/mol. The molecule has 2 aliphatic rings. The van der Waals surface area contributed by atoms with Gasteiger partial charge in [-0.2, -0.15) is 0 Å². The van der Waals surface area contributed by atoms with Crippen molar-refractivity contribution in [2.45, 2.75) is 72.3 Å². The molecule has 5 nitrogen and oxygen atoms in total. The van der Waals surface area contributed by atoms with Crippen LogP contribution in [0, 0.1) is 12.3 Å². The lowest BCUT2D eigenvalue weighted by Gasteiger charge is -2.49. The van der Waals surface area contributed by atoms with Gasteiger partial charge < -0.3 is 9.80 Å². The standard InChI is InChI=1S/C20H32N4O/c1-5-7-17-12-18(22-16(4)21-17)23-11-6-9-20(13-23)10-8-19(25)24(14-20)15(2)3/h12,15H,5-11,13-14H2,1-4H3/t20-/m0/s1. The molecule has 0 aliphatic carbocycles. The molecule has 1 spiro atoms. The molecule has 138 valence electrons. The van der Waals surface area contributed by atoms with Crippen molar-refractivity contribution in [1.82, 2.24) is 14.9 Å². The normalized spacial score (nSPS) is 24.4. The number of aryl methyl sites for hydroxylation is 2. The van der Waals surface area contributed by atoms with E-state index in [4.69, 9.17) is 4.98 Å². The van der Waals surface area contributed by atoms with Crippen molar-refractivity contribution in [2.75, 3.05) is 24.5 Å². The summed E-state index contributed by atoms with van der Waals surface area (Å²) < 4.78 is 0. The molecule has 2 saturated heterocycles.